The normalized spacial score (nSPS) is 10.1. The van der Waals surface area contributed by atoms with Crippen LogP contribution in [0.2, 0.25) is 0 Å². The van der Waals surface area contributed by atoms with Crippen molar-refractivity contribution in [1.82, 2.24) is 9.55 Å². The molecule has 0 radical (unpaired) electrons. The summed E-state index contributed by atoms with van der Waals surface area (Å²) in [5, 5.41) is 21.8. The number of nitrogens with zero attached hydrogens (tertiary/aromatic N) is 4. The summed E-state index contributed by atoms with van der Waals surface area (Å²) in [4.78, 5) is 14.3. The number of nitriles is 1. The van der Waals surface area contributed by atoms with E-state index < -0.39 is 4.92 Å². The number of aromatic nitrogens is 2. The number of imidazole rings is 1. The lowest BCUT2D eigenvalue weighted by atomic mass is 10.2. The lowest BCUT2D eigenvalue weighted by Crippen LogP contribution is -2.03. The van der Waals surface area contributed by atoms with Crippen LogP contribution in [-0.2, 0) is 6.54 Å². The van der Waals surface area contributed by atoms with Crippen LogP contribution in [0.4, 0.5) is 5.82 Å². The van der Waals surface area contributed by atoms with Gasteiger partial charge >= 0.3 is 5.82 Å². The van der Waals surface area contributed by atoms with Gasteiger partial charge in [-0.15, -0.1) is 0 Å². The molecule has 1 aromatic carbocycles. The zero-order chi connectivity index (χ0) is 13.8. The van der Waals surface area contributed by atoms with Crippen LogP contribution < -0.4 is 0 Å². The number of aryl methyl sites for hydroxylation is 1. The molecule has 2 rings (SSSR count). The third-order valence-electron chi connectivity index (χ3n) is 2.59. The van der Waals surface area contributed by atoms with Gasteiger partial charge in [0.05, 0.1) is 6.54 Å². The molecular weight excluding hydrogens is 264 g/mol. The van der Waals surface area contributed by atoms with Crippen LogP contribution in [0.5, 0.6) is 0 Å². The summed E-state index contributed by atoms with van der Waals surface area (Å²) in [6, 6.07) is 9.54. The van der Waals surface area contributed by atoms with E-state index in [1.807, 2.05) is 35.7 Å². The second-order valence-corrected chi connectivity index (χ2v) is 4.58. The maximum Gasteiger partial charge on any atom is 0.397 e. The first-order chi connectivity index (χ1) is 9.13. The predicted octanol–water partition coefficient (Wildman–Crippen LogP) is 2.72. The molecule has 0 saturated heterocycles. The molecule has 0 unspecified atom stereocenters. The molecule has 1 heterocycles. The van der Waals surface area contributed by atoms with Gasteiger partial charge in [-0.2, -0.15) is 5.26 Å². The Bertz CT molecular complexity index is 646. The quantitative estimate of drug-likeness (QED) is 0.370. The summed E-state index contributed by atoms with van der Waals surface area (Å²) in [5.41, 5.74) is 0.998. The molecule has 1 aromatic heterocycles. The topological polar surface area (TPSA) is 84.8 Å². The number of thiocyanates is 1. The maximum atomic E-state index is 10.9. The molecule has 6 nitrogen and oxygen atoms in total. The molecule has 96 valence electrons. The zero-order valence-corrected chi connectivity index (χ0v) is 10.9. The highest BCUT2D eigenvalue weighted by Crippen LogP contribution is 2.29. The van der Waals surface area contributed by atoms with Gasteiger partial charge in [-0.3, -0.25) is 4.57 Å². The fourth-order valence-corrected chi connectivity index (χ4v) is 2.35. The Morgan fingerprint density at radius 1 is 1.47 bits per heavy atom. The third kappa shape index (κ3) is 2.74. The second-order valence-electron chi connectivity index (χ2n) is 3.81. The number of nitro groups is 1. The molecule has 0 aliphatic rings. The van der Waals surface area contributed by atoms with Crippen molar-refractivity contribution in [3.63, 3.8) is 0 Å². The van der Waals surface area contributed by atoms with Gasteiger partial charge in [-0.1, -0.05) is 30.3 Å². The number of benzene rings is 1. The van der Waals surface area contributed by atoms with Crippen LogP contribution >= 0.6 is 11.8 Å². The van der Waals surface area contributed by atoms with Gasteiger partial charge < -0.3 is 10.1 Å². The molecule has 0 aliphatic heterocycles. The fourth-order valence-electron chi connectivity index (χ4n) is 1.74. The van der Waals surface area contributed by atoms with E-state index in [0.717, 1.165) is 17.3 Å². The van der Waals surface area contributed by atoms with Gasteiger partial charge in [-0.25, -0.2) is 0 Å². The average molecular weight is 274 g/mol. The summed E-state index contributed by atoms with van der Waals surface area (Å²) in [5.74, 6) is 0.258. The van der Waals surface area contributed by atoms with Gasteiger partial charge in [0.15, 0.2) is 5.03 Å². The molecule has 0 atom stereocenters. The van der Waals surface area contributed by atoms with Gasteiger partial charge in [0.1, 0.15) is 5.40 Å². The number of hydrogen-bond donors (Lipinski definition) is 0. The van der Waals surface area contributed by atoms with Crippen molar-refractivity contribution in [2.75, 3.05) is 0 Å². The second kappa shape index (κ2) is 5.54. The lowest BCUT2D eigenvalue weighted by Gasteiger charge is -2.05. The first kappa shape index (κ1) is 13.1. The van der Waals surface area contributed by atoms with E-state index in [9.17, 15) is 10.1 Å². The summed E-state index contributed by atoms with van der Waals surface area (Å²) in [6.45, 7) is 2.15. The molecular formula is C12H10N4O2S. The molecule has 2 aromatic rings. The average Bonchev–Trinajstić information content (AvgIpc) is 2.70. The summed E-state index contributed by atoms with van der Waals surface area (Å²) < 4.78 is 1.68. The first-order valence-corrected chi connectivity index (χ1v) is 6.26. The highest BCUT2D eigenvalue weighted by atomic mass is 32.2. The Morgan fingerprint density at radius 3 is 2.74 bits per heavy atom. The molecule has 0 bridgehead atoms. The van der Waals surface area contributed by atoms with E-state index in [4.69, 9.17) is 5.26 Å². The van der Waals surface area contributed by atoms with Crippen LogP contribution in [-0.4, -0.2) is 14.5 Å². The predicted molar refractivity (Wildman–Crippen MR) is 70.6 cm³/mol. The van der Waals surface area contributed by atoms with E-state index in [1.54, 1.807) is 11.5 Å². The van der Waals surface area contributed by atoms with Crippen LogP contribution in [0.3, 0.4) is 0 Å². The Hall–Kier alpha value is -2.33. The van der Waals surface area contributed by atoms with Crippen molar-refractivity contribution < 1.29 is 4.92 Å². The highest BCUT2D eigenvalue weighted by molar-refractivity contribution is 8.03. The molecule has 0 fully saturated rings. The zero-order valence-electron chi connectivity index (χ0n) is 10.1. The largest absolute Gasteiger partial charge is 0.397 e. The first-order valence-electron chi connectivity index (χ1n) is 5.45. The number of rotatable bonds is 4. The van der Waals surface area contributed by atoms with E-state index in [2.05, 4.69) is 4.98 Å². The van der Waals surface area contributed by atoms with Crippen LogP contribution in [0.15, 0.2) is 35.4 Å². The van der Waals surface area contributed by atoms with Gasteiger partial charge in [0.25, 0.3) is 0 Å². The fraction of sp³-hybridized carbons (Fsp3) is 0.167. The Balaban J connectivity index is 2.45. The van der Waals surface area contributed by atoms with Crippen LogP contribution in [0.25, 0.3) is 0 Å². The Morgan fingerprint density at radius 2 is 2.16 bits per heavy atom. The Kier molecular flexibility index (Phi) is 3.82. The van der Waals surface area contributed by atoms with E-state index in [0.29, 0.717) is 12.4 Å². The van der Waals surface area contributed by atoms with Gasteiger partial charge in [0, 0.05) is 18.7 Å². The van der Waals surface area contributed by atoms with Crippen molar-refractivity contribution in [2.45, 2.75) is 18.5 Å². The molecule has 0 spiro atoms. The molecule has 0 aliphatic carbocycles. The molecule has 0 amide bonds. The van der Waals surface area contributed by atoms with E-state index in [-0.39, 0.29) is 10.8 Å². The van der Waals surface area contributed by atoms with Crippen molar-refractivity contribution in [1.29, 1.82) is 5.26 Å². The Labute approximate surface area is 113 Å². The SMILES string of the molecule is Cc1nc([N+](=O)[O-])c(SC#N)n1Cc1ccccc1. The summed E-state index contributed by atoms with van der Waals surface area (Å²) in [7, 11) is 0. The lowest BCUT2D eigenvalue weighted by molar-refractivity contribution is -0.392. The summed E-state index contributed by atoms with van der Waals surface area (Å²) >= 11 is 0.761. The minimum absolute atomic E-state index is 0.264. The van der Waals surface area contributed by atoms with Gasteiger partial charge in [0.2, 0.25) is 5.82 Å². The molecule has 0 N–H and O–H groups in total. The van der Waals surface area contributed by atoms with Crippen LogP contribution in [0, 0.1) is 27.7 Å². The number of thioether (sulfide) groups is 1. The smallest absolute Gasteiger partial charge is 0.358 e. The van der Waals surface area contributed by atoms with Crippen LogP contribution in [0.1, 0.15) is 11.4 Å². The molecule has 0 saturated carbocycles. The summed E-state index contributed by atoms with van der Waals surface area (Å²) in [6.07, 6.45) is 0. The van der Waals surface area contributed by atoms with Crippen molar-refractivity contribution >= 4 is 17.6 Å². The molecule has 7 heteroatoms. The minimum Gasteiger partial charge on any atom is -0.358 e. The third-order valence-corrected chi connectivity index (χ3v) is 3.28. The maximum absolute atomic E-state index is 10.9. The molecule has 19 heavy (non-hydrogen) atoms. The standard InChI is InChI=1S/C12H10N4O2S/c1-9-14-11(16(17)18)12(19-8-13)15(9)7-10-5-3-2-4-6-10/h2-6H,7H2,1H3. The van der Waals surface area contributed by atoms with Crippen molar-refractivity contribution in [2.24, 2.45) is 0 Å². The van der Waals surface area contributed by atoms with E-state index in [1.165, 1.54) is 0 Å². The van der Waals surface area contributed by atoms with Gasteiger partial charge in [-0.05, 0) is 15.5 Å². The van der Waals surface area contributed by atoms with Crippen molar-refractivity contribution in [3.8, 4) is 5.40 Å². The van der Waals surface area contributed by atoms with Crippen molar-refractivity contribution in [3.05, 3.63) is 51.8 Å². The minimum atomic E-state index is -0.561. The highest BCUT2D eigenvalue weighted by Gasteiger charge is 2.25. The number of hydrogen-bond acceptors (Lipinski definition) is 5. The monoisotopic (exact) mass is 274 g/mol. The van der Waals surface area contributed by atoms with E-state index >= 15 is 0 Å².